The molecular formula is C14H18F2N2O. The maximum Gasteiger partial charge on any atom is 0.222 e. The number of nitrogens with zero attached hydrogens (tertiary/aromatic N) is 1. The molecule has 1 atom stereocenters. The molecule has 3 nitrogen and oxygen atoms in total. The van der Waals surface area contributed by atoms with E-state index in [-0.39, 0.29) is 5.91 Å². The molecule has 0 spiro atoms. The third-order valence-corrected chi connectivity index (χ3v) is 3.33. The van der Waals surface area contributed by atoms with Crippen molar-refractivity contribution >= 4 is 5.91 Å². The molecule has 0 radical (unpaired) electrons. The van der Waals surface area contributed by atoms with Crippen molar-refractivity contribution in [1.29, 1.82) is 0 Å². The molecule has 1 aliphatic heterocycles. The van der Waals surface area contributed by atoms with E-state index in [2.05, 4.69) is 5.32 Å². The van der Waals surface area contributed by atoms with Gasteiger partial charge in [0, 0.05) is 32.1 Å². The third-order valence-electron chi connectivity index (χ3n) is 3.33. The van der Waals surface area contributed by atoms with Gasteiger partial charge in [0.25, 0.3) is 0 Å². The minimum atomic E-state index is -0.860. The summed E-state index contributed by atoms with van der Waals surface area (Å²) in [6, 6.07) is 4.08. The molecule has 19 heavy (non-hydrogen) atoms. The lowest BCUT2D eigenvalue weighted by molar-refractivity contribution is -0.132. The normalized spacial score (nSPS) is 19.5. The zero-order chi connectivity index (χ0) is 13.8. The number of aryl methyl sites for hydroxylation is 1. The van der Waals surface area contributed by atoms with Gasteiger partial charge in [-0.05, 0) is 31.0 Å². The number of carbonyl (C=O) groups excluding carboxylic acids is 1. The molecule has 0 aliphatic carbocycles. The second kappa shape index (κ2) is 6.10. The lowest BCUT2D eigenvalue weighted by atomic mass is 10.1. The number of benzene rings is 1. The first-order valence-corrected chi connectivity index (χ1v) is 6.51. The van der Waals surface area contributed by atoms with Crippen molar-refractivity contribution in [1.82, 2.24) is 10.2 Å². The zero-order valence-electron chi connectivity index (χ0n) is 11.0. The SMILES string of the molecule is CC1CN(C(=O)CCc2ccc(F)c(F)c2)CCN1. The van der Waals surface area contributed by atoms with Crippen LogP contribution in [-0.4, -0.2) is 36.5 Å². The molecule has 1 N–H and O–H groups in total. The van der Waals surface area contributed by atoms with E-state index in [0.29, 0.717) is 37.5 Å². The summed E-state index contributed by atoms with van der Waals surface area (Å²) in [4.78, 5) is 13.8. The van der Waals surface area contributed by atoms with E-state index < -0.39 is 11.6 Å². The Morgan fingerprint density at radius 2 is 2.21 bits per heavy atom. The van der Waals surface area contributed by atoms with Crippen LogP contribution < -0.4 is 5.32 Å². The Hall–Kier alpha value is -1.49. The monoisotopic (exact) mass is 268 g/mol. The Bertz CT molecular complexity index is 465. The number of halogens is 2. The van der Waals surface area contributed by atoms with Gasteiger partial charge in [-0.2, -0.15) is 0 Å². The molecule has 1 amide bonds. The van der Waals surface area contributed by atoms with Crippen LogP contribution in [0.5, 0.6) is 0 Å². The average Bonchev–Trinajstić information content (AvgIpc) is 2.40. The first-order chi connectivity index (χ1) is 9.06. The van der Waals surface area contributed by atoms with Gasteiger partial charge in [0.05, 0.1) is 0 Å². The Morgan fingerprint density at radius 1 is 1.42 bits per heavy atom. The van der Waals surface area contributed by atoms with E-state index >= 15 is 0 Å². The number of hydrogen-bond donors (Lipinski definition) is 1. The van der Waals surface area contributed by atoms with Gasteiger partial charge in [0.2, 0.25) is 5.91 Å². The summed E-state index contributed by atoms with van der Waals surface area (Å²) < 4.78 is 25.8. The van der Waals surface area contributed by atoms with E-state index in [0.717, 1.165) is 18.7 Å². The molecule has 1 aliphatic rings. The van der Waals surface area contributed by atoms with Crippen LogP contribution in [-0.2, 0) is 11.2 Å². The summed E-state index contributed by atoms with van der Waals surface area (Å²) in [6.07, 6.45) is 0.770. The number of amides is 1. The summed E-state index contributed by atoms with van der Waals surface area (Å²) in [5.41, 5.74) is 0.649. The van der Waals surface area contributed by atoms with Gasteiger partial charge < -0.3 is 10.2 Å². The molecule has 1 heterocycles. The van der Waals surface area contributed by atoms with Gasteiger partial charge in [-0.25, -0.2) is 8.78 Å². The second-order valence-electron chi connectivity index (χ2n) is 4.94. The van der Waals surface area contributed by atoms with Crippen molar-refractivity contribution < 1.29 is 13.6 Å². The first-order valence-electron chi connectivity index (χ1n) is 6.51. The minimum Gasteiger partial charge on any atom is -0.340 e. The van der Waals surface area contributed by atoms with Crippen LogP contribution in [0.2, 0.25) is 0 Å². The Balaban J connectivity index is 1.87. The quantitative estimate of drug-likeness (QED) is 0.905. The van der Waals surface area contributed by atoms with Crippen molar-refractivity contribution in [2.75, 3.05) is 19.6 Å². The molecule has 2 rings (SSSR count). The van der Waals surface area contributed by atoms with Gasteiger partial charge >= 0.3 is 0 Å². The molecular weight excluding hydrogens is 250 g/mol. The van der Waals surface area contributed by atoms with Crippen molar-refractivity contribution in [3.05, 3.63) is 35.4 Å². The number of nitrogens with one attached hydrogen (secondary N) is 1. The Kier molecular flexibility index (Phi) is 4.47. The standard InChI is InChI=1S/C14H18F2N2O/c1-10-9-18(7-6-17-10)14(19)5-3-11-2-4-12(15)13(16)8-11/h2,4,8,10,17H,3,5-7,9H2,1H3. The number of rotatable bonds is 3. The summed E-state index contributed by atoms with van der Waals surface area (Å²) in [6.45, 7) is 4.25. The van der Waals surface area contributed by atoms with E-state index in [1.54, 1.807) is 0 Å². The smallest absolute Gasteiger partial charge is 0.222 e. The fourth-order valence-electron chi connectivity index (χ4n) is 2.26. The maximum atomic E-state index is 13.0. The van der Waals surface area contributed by atoms with Crippen LogP contribution in [0.15, 0.2) is 18.2 Å². The molecule has 1 aromatic rings. The number of hydrogen-bond acceptors (Lipinski definition) is 2. The summed E-state index contributed by atoms with van der Waals surface area (Å²) in [5, 5.41) is 3.27. The van der Waals surface area contributed by atoms with Crippen LogP contribution in [0.4, 0.5) is 8.78 Å². The fourth-order valence-corrected chi connectivity index (χ4v) is 2.26. The van der Waals surface area contributed by atoms with Crippen LogP contribution in [0.25, 0.3) is 0 Å². The average molecular weight is 268 g/mol. The summed E-state index contributed by atoms with van der Waals surface area (Å²) in [5.74, 6) is -1.65. The Labute approximate surface area is 111 Å². The molecule has 5 heteroatoms. The predicted molar refractivity (Wildman–Crippen MR) is 68.7 cm³/mol. The van der Waals surface area contributed by atoms with E-state index in [1.165, 1.54) is 6.07 Å². The third kappa shape index (κ3) is 3.73. The zero-order valence-corrected chi connectivity index (χ0v) is 11.0. The highest BCUT2D eigenvalue weighted by atomic mass is 19.2. The van der Waals surface area contributed by atoms with Gasteiger partial charge in [0.1, 0.15) is 0 Å². The molecule has 104 valence electrons. The van der Waals surface area contributed by atoms with Crippen molar-refractivity contribution in [3.8, 4) is 0 Å². The van der Waals surface area contributed by atoms with Gasteiger partial charge in [-0.1, -0.05) is 6.07 Å². The lowest BCUT2D eigenvalue weighted by Gasteiger charge is -2.32. The minimum absolute atomic E-state index is 0.0677. The molecule has 1 unspecified atom stereocenters. The van der Waals surface area contributed by atoms with Gasteiger partial charge in [0.15, 0.2) is 11.6 Å². The number of piperazine rings is 1. The van der Waals surface area contributed by atoms with E-state index in [1.807, 2.05) is 11.8 Å². The van der Waals surface area contributed by atoms with Gasteiger partial charge in [-0.15, -0.1) is 0 Å². The van der Waals surface area contributed by atoms with Crippen molar-refractivity contribution in [2.45, 2.75) is 25.8 Å². The first kappa shape index (κ1) is 13.9. The second-order valence-corrected chi connectivity index (χ2v) is 4.94. The molecule has 1 fully saturated rings. The highest BCUT2D eigenvalue weighted by molar-refractivity contribution is 5.76. The highest BCUT2D eigenvalue weighted by Gasteiger charge is 2.20. The van der Waals surface area contributed by atoms with Crippen LogP contribution in [0, 0.1) is 11.6 Å². The van der Waals surface area contributed by atoms with E-state index in [4.69, 9.17) is 0 Å². The maximum absolute atomic E-state index is 13.0. The van der Waals surface area contributed by atoms with Crippen LogP contribution in [0.1, 0.15) is 18.9 Å². The molecule has 0 aromatic heterocycles. The lowest BCUT2D eigenvalue weighted by Crippen LogP contribution is -2.51. The van der Waals surface area contributed by atoms with E-state index in [9.17, 15) is 13.6 Å². The van der Waals surface area contributed by atoms with Crippen LogP contribution in [0.3, 0.4) is 0 Å². The fraction of sp³-hybridized carbons (Fsp3) is 0.500. The highest BCUT2D eigenvalue weighted by Crippen LogP contribution is 2.11. The molecule has 1 aromatic carbocycles. The van der Waals surface area contributed by atoms with Crippen molar-refractivity contribution in [2.24, 2.45) is 0 Å². The molecule has 1 saturated heterocycles. The van der Waals surface area contributed by atoms with Crippen molar-refractivity contribution in [3.63, 3.8) is 0 Å². The topological polar surface area (TPSA) is 32.3 Å². The molecule has 0 saturated carbocycles. The summed E-state index contributed by atoms with van der Waals surface area (Å²) >= 11 is 0. The number of carbonyl (C=O) groups is 1. The molecule has 0 bridgehead atoms. The largest absolute Gasteiger partial charge is 0.340 e. The van der Waals surface area contributed by atoms with Gasteiger partial charge in [-0.3, -0.25) is 4.79 Å². The summed E-state index contributed by atoms with van der Waals surface area (Å²) in [7, 11) is 0. The Morgan fingerprint density at radius 3 is 2.89 bits per heavy atom. The predicted octanol–water partition coefficient (Wildman–Crippen LogP) is 1.72. The van der Waals surface area contributed by atoms with Crippen LogP contribution >= 0.6 is 0 Å².